The molecule has 134 valence electrons. The van der Waals surface area contributed by atoms with Gasteiger partial charge in [-0.2, -0.15) is 0 Å². The van der Waals surface area contributed by atoms with Crippen molar-refractivity contribution >= 4 is 39.3 Å². The molecule has 2 aromatic rings. The fraction of sp³-hybridized carbons (Fsp3) is 0.133. The summed E-state index contributed by atoms with van der Waals surface area (Å²) in [6, 6.07) is 10.1. The van der Waals surface area contributed by atoms with Crippen molar-refractivity contribution in [2.75, 3.05) is 6.73 Å². The molecule has 0 radical (unpaired) electrons. The lowest BCUT2D eigenvalue weighted by molar-refractivity contribution is 0.223. The number of halogens is 2. The van der Waals surface area contributed by atoms with E-state index in [1.165, 1.54) is 18.2 Å². The maximum atomic E-state index is 11.7. The van der Waals surface area contributed by atoms with Crippen LogP contribution in [0.2, 0.25) is 10.0 Å². The monoisotopic (exact) mass is 403 g/mol. The number of nitrogens with two attached hydrogens (primary N) is 1. The van der Waals surface area contributed by atoms with Gasteiger partial charge in [0.15, 0.2) is 6.73 Å². The standard InChI is InChI=1S/C15H15Cl2N3O4S/c16-11-3-6-14(13(17)7-11)24-9-20-15(21)19-8-10-1-4-12(5-2-10)25(18,22)23/h1-7H,8-9H2,(H2,18,22,23)(H2,19,20,21). The molecule has 25 heavy (non-hydrogen) atoms. The number of hydrogen-bond donors (Lipinski definition) is 3. The molecule has 0 saturated heterocycles. The topological polar surface area (TPSA) is 111 Å². The molecule has 4 N–H and O–H groups in total. The Kier molecular flexibility index (Phi) is 6.49. The van der Waals surface area contributed by atoms with E-state index in [0.29, 0.717) is 21.4 Å². The SMILES string of the molecule is NS(=O)(=O)c1ccc(CNC(=O)NCOc2ccc(Cl)cc2Cl)cc1. The second-order valence-electron chi connectivity index (χ2n) is 4.91. The van der Waals surface area contributed by atoms with Crippen molar-refractivity contribution in [2.45, 2.75) is 11.4 Å². The number of rotatable bonds is 6. The third kappa shape index (κ3) is 6.09. The number of sulfonamides is 1. The minimum atomic E-state index is -3.73. The molecular formula is C15H15Cl2N3O4S. The molecule has 2 aromatic carbocycles. The van der Waals surface area contributed by atoms with Crippen LogP contribution in [0.15, 0.2) is 47.4 Å². The molecule has 0 aromatic heterocycles. The summed E-state index contributed by atoms with van der Waals surface area (Å²) < 4.78 is 27.6. The van der Waals surface area contributed by atoms with Crippen molar-refractivity contribution in [1.82, 2.24) is 10.6 Å². The van der Waals surface area contributed by atoms with Crippen LogP contribution in [-0.2, 0) is 16.6 Å². The van der Waals surface area contributed by atoms with Gasteiger partial charge in [-0.15, -0.1) is 0 Å². The van der Waals surface area contributed by atoms with E-state index >= 15 is 0 Å². The fourth-order valence-electron chi connectivity index (χ4n) is 1.81. The van der Waals surface area contributed by atoms with Gasteiger partial charge in [-0.05, 0) is 35.9 Å². The lowest BCUT2D eigenvalue weighted by Gasteiger charge is -2.10. The zero-order valence-electron chi connectivity index (χ0n) is 12.8. The highest BCUT2D eigenvalue weighted by Gasteiger charge is 2.07. The lowest BCUT2D eigenvalue weighted by atomic mass is 10.2. The van der Waals surface area contributed by atoms with E-state index in [1.807, 2.05) is 0 Å². The zero-order chi connectivity index (χ0) is 18.4. The summed E-state index contributed by atoms with van der Waals surface area (Å²) in [5.74, 6) is 0.393. The normalized spacial score (nSPS) is 11.0. The molecule has 7 nitrogen and oxygen atoms in total. The molecule has 0 heterocycles. The van der Waals surface area contributed by atoms with E-state index in [0.717, 1.165) is 0 Å². The summed E-state index contributed by atoms with van der Waals surface area (Å²) in [7, 11) is -3.73. The average Bonchev–Trinajstić information content (AvgIpc) is 2.54. The Morgan fingerprint density at radius 1 is 1.08 bits per heavy atom. The highest BCUT2D eigenvalue weighted by Crippen LogP contribution is 2.27. The van der Waals surface area contributed by atoms with Crippen molar-refractivity contribution in [1.29, 1.82) is 0 Å². The third-order valence-corrected chi connectivity index (χ3v) is 4.52. The maximum Gasteiger partial charge on any atom is 0.317 e. The van der Waals surface area contributed by atoms with Gasteiger partial charge >= 0.3 is 6.03 Å². The van der Waals surface area contributed by atoms with Crippen molar-refractivity contribution in [3.63, 3.8) is 0 Å². The Bertz CT molecular complexity index is 858. The highest BCUT2D eigenvalue weighted by molar-refractivity contribution is 7.89. The van der Waals surface area contributed by atoms with E-state index in [2.05, 4.69) is 10.6 Å². The zero-order valence-corrected chi connectivity index (χ0v) is 15.2. The van der Waals surface area contributed by atoms with Crippen LogP contribution < -0.4 is 20.5 Å². The fourth-order valence-corrected chi connectivity index (χ4v) is 2.79. The Hall–Kier alpha value is -2.00. The van der Waals surface area contributed by atoms with E-state index in [1.54, 1.807) is 24.3 Å². The molecule has 0 bridgehead atoms. The Morgan fingerprint density at radius 3 is 2.36 bits per heavy atom. The number of carbonyl (C=O) groups is 1. The molecule has 0 aliphatic heterocycles. The molecular weight excluding hydrogens is 389 g/mol. The number of carbonyl (C=O) groups excluding carboxylic acids is 1. The average molecular weight is 404 g/mol. The maximum absolute atomic E-state index is 11.7. The van der Waals surface area contributed by atoms with Crippen molar-refractivity contribution in [3.05, 3.63) is 58.1 Å². The lowest BCUT2D eigenvalue weighted by Crippen LogP contribution is -2.37. The molecule has 0 saturated carbocycles. The smallest absolute Gasteiger partial charge is 0.317 e. The van der Waals surface area contributed by atoms with Crippen LogP contribution in [0.3, 0.4) is 0 Å². The second-order valence-corrected chi connectivity index (χ2v) is 7.32. The molecule has 0 unspecified atom stereocenters. The first-order valence-electron chi connectivity index (χ1n) is 6.97. The number of urea groups is 1. The first-order valence-corrected chi connectivity index (χ1v) is 9.27. The van der Waals surface area contributed by atoms with Crippen molar-refractivity contribution in [2.24, 2.45) is 5.14 Å². The summed E-state index contributed by atoms with van der Waals surface area (Å²) >= 11 is 11.7. The number of benzene rings is 2. The van der Waals surface area contributed by atoms with Gasteiger partial charge in [0.25, 0.3) is 0 Å². The minimum absolute atomic E-state index is 0.00828. The van der Waals surface area contributed by atoms with Gasteiger partial charge in [0.1, 0.15) is 5.75 Å². The number of nitrogens with one attached hydrogen (secondary N) is 2. The van der Waals surface area contributed by atoms with Gasteiger partial charge < -0.3 is 15.4 Å². The first-order chi connectivity index (χ1) is 11.8. The molecule has 0 fully saturated rings. The van der Waals surface area contributed by atoms with Crippen LogP contribution >= 0.6 is 23.2 Å². The summed E-state index contributed by atoms with van der Waals surface area (Å²) in [6.45, 7) is 0.121. The van der Waals surface area contributed by atoms with Crippen LogP contribution in [0.5, 0.6) is 5.75 Å². The van der Waals surface area contributed by atoms with E-state index < -0.39 is 16.1 Å². The molecule has 10 heteroatoms. The number of amides is 2. The van der Waals surface area contributed by atoms with E-state index in [9.17, 15) is 13.2 Å². The Balaban J connectivity index is 1.77. The van der Waals surface area contributed by atoms with Crippen LogP contribution in [0, 0.1) is 0 Å². The predicted molar refractivity (Wildman–Crippen MR) is 95.1 cm³/mol. The number of primary sulfonamides is 1. The van der Waals surface area contributed by atoms with Crippen molar-refractivity contribution in [3.8, 4) is 5.75 Å². The summed E-state index contributed by atoms with van der Waals surface area (Å²) in [6.07, 6.45) is 0. The molecule has 0 spiro atoms. The molecule has 0 atom stereocenters. The largest absolute Gasteiger partial charge is 0.472 e. The van der Waals surface area contributed by atoms with Gasteiger partial charge in [0.05, 0.1) is 9.92 Å². The minimum Gasteiger partial charge on any atom is -0.472 e. The van der Waals surface area contributed by atoms with Gasteiger partial charge in [0, 0.05) is 11.6 Å². The quantitative estimate of drug-likeness (QED) is 0.643. The second kappa shape index (κ2) is 8.39. The van der Waals surface area contributed by atoms with Crippen molar-refractivity contribution < 1.29 is 17.9 Å². The van der Waals surface area contributed by atoms with Crippen LogP contribution in [0.25, 0.3) is 0 Å². The molecule has 0 aliphatic rings. The molecule has 2 amide bonds. The van der Waals surface area contributed by atoms with Crippen LogP contribution in [-0.4, -0.2) is 21.2 Å². The molecule has 2 rings (SSSR count). The van der Waals surface area contributed by atoms with Crippen LogP contribution in [0.1, 0.15) is 5.56 Å². The number of hydrogen-bond acceptors (Lipinski definition) is 4. The highest BCUT2D eigenvalue weighted by atomic mass is 35.5. The predicted octanol–water partition coefficient (Wildman–Crippen LogP) is 2.48. The molecule has 0 aliphatic carbocycles. The van der Waals surface area contributed by atoms with Crippen LogP contribution in [0.4, 0.5) is 4.79 Å². The van der Waals surface area contributed by atoms with Gasteiger partial charge in [-0.25, -0.2) is 18.4 Å². The Morgan fingerprint density at radius 2 is 1.76 bits per heavy atom. The first kappa shape index (κ1) is 19.3. The Labute approximate surface area is 155 Å². The van der Waals surface area contributed by atoms with E-state index in [-0.39, 0.29) is 18.2 Å². The van der Waals surface area contributed by atoms with Gasteiger partial charge in [-0.3, -0.25) is 0 Å². The summed E-state index contributed by atoms with van der Waals surface area (Å²) in [5, 5.41) is 10.9. The van der Waals surface area contributed by atoms with E-state index in [4.69, 9.17) is 33.1 Å². The van der Waals surface area contributed by atoms with Gasteiger partial charge in [-0.1, -0.05) is 35.3 Å². The third-order valence-electron chi connectivity index (χ3n) is 3.06. The van der Waals surface area contributed by atoms with Gasteiger partial charge in [0.2, 0.25) is 10.0 Å². The summed E-state index contributed by atoms with van der Waals surface area (Å²) in [5.41, 5.74) is 0.712. The number of ether oxygens (including phenoxy) is 1. The summed E-state index contributed by atoms with van der Waals surface area (Å²) in [4.78, 5) is 11.7.